The van der Waals surface area contributed by atoms with Gasteiger partial charge in [-0.1, -0.05) is 23.5 Å². The monoisotopic (exact) mass is 466 g/mol. The van der Waals surface area contributed by atoms with Crippen LogP contribution in [0, 0.1) is 17.2 Å². The quantitative estimate of drug-likeness (QED) is 0.396. The number of carbonyl (C=O) groups excluding carboxylic acids is 2. The molecular formula is C23H26N6O3S. The molecule has 3 aromatic rings. The molecule has 33 heavy (non-hydrogen) atoms. The van der Waals surface area contributed by atoms with E-state index in [-0.39, 0.29) is 24.3 Å². The number of anilines is 1. The van der Waals surface area contributed by atoms with Crippen LogP contribution in [0.15, 0.2) is 49.2 Å². The second kappa shape index (κ2) is 12.5. The number of amides is 2. The van der Waals surface area contributed by atoms with E-state index in [1.165, 1.54) is 6.20 Å². The highest BCUT2D eigenvalue weighted by Crippen LogP contribution is 2.20. The molecule has 0 saturated heterocycles. The molecule has 172 valence electrons. The Kier molecular flexibility index (Phi) is 9.11. The highest BCUT2D eigenvalue weighted by Gasteiger charge is 2.20. The van der Waals surface area contributed by atoms with Crippen LogP contribution >= 0.6 is 11.3 Å². The van der Waals surface area contributed by atoms with E-state index in [2.05, 4.69) is 26.7 Å². The van der Waals surface area contributed by atoms with E-state index >= 15 is 0 Å². The van der Waals surface area contributed by atoms with E-state index in [9.17, 15) is 9.59 Å². The summed E-state index contributed by atoms with van der Waals surface area (Å²) in [5.74, 6) is -0.782. The van der Waals surface area contributed by atoms with Gasteiger partial charge in [-0.05, 0) is 37.0 Å². The molecule has 1 atom stereocenters. The van der Waals surface area contributed by atoms with Gasteiger partial charge in [0.1, 0.15) is 4.88 Å². The maximum Gasteiger partial charge on any atom is 0.263 e. The summed E-state index contributed by atoms with van der Waals surface area (Å²) in [5, 5.41) is 14.9. The first-order valence-electron chi connectivity index (χ1n) is 10.6. The van der Waals surface area contributed by atoms with Gasteiger partial charge in [-0.2, -0.15) is 5.26 Å². The normalized spacial score (nSPS) is 11.5. The summed E-state index contributed by atoms with van der Waals surface area (Å²) in [4.78, 5) is 33.7. The number of aryl methyl sites for hydroxylation is 2. The fourth-order valence-electron chi connectivity index (χ4n) is 3.19. The van der Waals surface area contributed by atoms with Crippen LogP contribution in [0.5, 0.6) is 0 Å². The number of rotatable bonds is 12. The lowest BCUT2D eigenvalue weighted by Gasteiger charge is -2.15. The largest absolute Gasteiger partial charge is 0.384 e. The van der Waals surface area contributed by atoms with Crippen LogP contribution in [0.2, 0.25) is 0 Å². The first-order valence-corrected chi connectivity index (χ1v) is 11.4. The first kappa shape index (κ1) is 24.1. The van der Waals surface area contributed by atoms with Crippen molar-refractivity contribution in [1.29, 1.82) is 5.26 Å². The molecule has 1 unspecified atom stereocenters. The SMILES string of the molecule is COCC(CCc1ccc(C#N)cc1)C(=O)Nc1ncc(C(=O)NCCCn2ccnc2)s1. The highest BCUT2D eigenvalue weighted by molar-refractivity contribution is 7.17. The predicted molar refractivity (Wildman–Crippen MR) is 125 cm³/mol. The van der Waals surface area contributed by atoms with Gasteiger partial charge in [0.15, 0.2) is 5.13 Å². The van der Waals surface area contributed by atoms with Crippen LogP contribution in [-0.2, 0) is 22.5 Å². The molecule has 1 aromatic carbocycles. The minimum absolute atomic E-state index is 0.202. The average molecular weight is 467 g/mol. The molecule has 3 rings (SSSR count). The van der Waals surface area contributed by atoms with Crippen molar-refractivity contribution in [2.45, 2.75) is 25.8 Å². The molecule has 0 aliphatic rings. The lowest BCUT2D eigenvalue weighted by molar-refractivity contribution is -0.121. The number of nitrogens with zero attached hydrogens (tertiary/aromatic N) is 4. The number of hydrogen-bond donors (Lipinski definition) is 2. The number of carbonyl (C=O) groups is 2. The van der Waals surface area contributed by atoms with Crippen molar-refractivity contribution in [2.75, 3.05) is 25.6 Å². The van der Waals surface area contributed by atoms with E-state index in [4.69, 9.17) is 10.00 Å². The van der Waals surface area contributed by atoms with Crippen molar-refractivity contribution >= 4 is 28.3 Å². The van der Waals surface area contributed by atoms with Crippen LogP contribution in [0.25, 0.3) is 0 Å². The van der Waals surface area contributed by atoms with Crippen LogP contribution < -0.4 is 10.6 Å². The molecule has 0 saturated carbocycles. The smallest absolute Gasteiger partial charge is 0.263 e. The fourth-order valence-corrected chi connectivity index (χ4v) is 3.93. The Bertz CT molecular complexity index is 1070. The van der Waals surface area contributed by atoms with Crippen LogP contribution in [0.3, 0.4) is 0 Å². The van der Waals surface area contributed by atoms with Gasteiger partial charge in [-0.15, -0.1) is 0 Å². The summed E-state index contributed by atoms with van der Waals surface area (Å²) in [6.45, 7) is 1.58. The molecule has 0 radical (unpaired) electrons. The van der Waals surface area contributed by atoms with Crippen LogP contribution in [0.1, 0.15) is 33.6 Å². The van der Waals surface area contributed by atoms with E-state index in [1.807, 2.05) is 22.9 Å². The number of nitriles is 1. The molecule has 0 aliphatic heterocycles. The Morgan fingerprint density at radius 1 is 1.30 bits per heavy atom. The van der Waals surface area contributed by atoms with E-state index in [0.717, 1.165) is 29.9 Å². The molecule has 2 aromatic heterocycles. The molecule has 0 fully saturated rings. The van der Waals surface area contributed by atoms with Gasteiger partial charge in [-0.3, -0.25) is 9.59 Å². The van der Waals surface area contributed by atoms with Gasteiger partial charge in [-0.25, -0.2) is 9.97 Å². The zero-order chi connectivity index (χ0) is 23.5. The summed E-state index contributed by atoms with van der Waals surface area (Å²) in [6, 6.07) is 9.40. The van der Waals surface area contributed by atoms with Gasteiger partial charge < -0.3 is 19.9 Å². The third-order valence-corrected chi connectivity index (χ3v) is 5.91. The minimum Gasteiger partial charge on any atom is -0.384 e. The number of benzene rings is 1. The number of ether oxygens (including phenoxy) is 1. The molecule has 10 heteroatoms. The van der Waals surface area contributed by atoms with E-state index in [1.54, 1.807) is 31.8 Å². The second-order valence-electron chi connectivity index (χ2n) is 7.43. The summed E-state index contributed by atoms with van der Waals surface area (Å²) in [5.41, 5.74) is 1.65. The first-order chi connectivity index (χ1) is 16.1. The zero-order valence-electron chi connectivity index (χ0n) is 18.4. The third kappa shape index (κ3) is 7.52. The Hall–Kier alpha value is -3.55. The summed E-state index contributed by atoms with van der Waals surface area (Å²) in [6.07, 6.45) is 8.84. The molecule has 0 spiro atoms. The second-order valence-corrected chi connectivity index (χ2v) is 8.46. The Labute approximate surface area is 196 Å². The lowest BCUT2D eigenvalue weighted by Crippen LogP contribution is -2.27. The third-order valence-electron chi connectivity index (χ3n) is 5.00. The number of hydrogen-bond acceptors (Lipinski definition) is 7. The molecule has 0 aliphatic carbocycles. The van der Waals surface area contributed by atoms with E-state index in [0.29, 0.717) is 35.0 Å². The van der Waals surface area contributed by atoms with Crippen molar-refractivity contribution < 1.29 is 14.3 Å². The topological polar surface area (TPSA) is 122 Å². The number of thiazole rings is 1. The van der Waals surface area contributed by atoms with Crippen LogP contribution in [-0.4, -0.2) is 46.6 Å². The zero-order valence-corrected chi connectivity index (χ0v) is 19.2. The maximum absolute atomic E-state index is 12.8. The molecule has 0 bridgehead atoms. The molecule has 2 N–H and O–H groups in total. The van der Waals surface area contributed by atoms with Gasteiger partial charge in [0, 0.05) is 32.6 Å². The average Bonchev–Trinajstić information content (AvgIpc) is 3.52. The molecule has 9 nitrogen and oxygen atoms in total. The highest BCUT2D eigenvalue weighted by atomic mass is 32.1. The van der Waals surface area contributed by atoms with Crippen LogP contribution in [0.4, 0.5) is 5.13 Å². The summed E-state index contributed by atoms with van der Waals surface area (Å²) in [7, 11) is 1.56. The van der Waals surface area contributed by atoms with Gasteiger partial charge >= 0.3 is 0 Å². The lowest BCUT2D eigenvalue weighted by atomic mass is 9.99. The van der Waals surface area contributed by atoms with E-state index < -0.39 is 0 Å². The molecule has 2 heterocycles. The standard InChI is InChI=1S/C23H26N6O3S/c1-32-15-19(8-7-17-3-5-18(13-24)6-4-17)21(30)28-23-27-14-20(33-23)22(31)26-9-2-11-29-12-10-25-16-29/h3-6,10,12,14,16,19H,2,7-9,11,15H2,1H3,(H,26,31)(H,27,28,30). The van der Waals surface area contributed by atoms with Gasteiger partial charge in [0.2, 0.25) is 5.91 Å². The minimum atomic E-state index is -0.366. The number of imidazole rings is 1. The summed E-state index contributed by atoms with van der Waals surface area (Å²) < 4.78 is 7.17. The van der Waals surface area contributed by atoms with Gasteiger partial charge in [0.05, 0.1) is 36.7 Å². The predicted octanol–water partition coefficient (Wildman–Crippen LogP) is 2.87. The number of methoxy groups -OCH3 is 1. The Morgan fingerprint density at radius 2 is 2.12 bits per heavy atom. The maximum atomic E-state index is 12.8. The number of aromatic nitrogens is 3. The number of nitrogens with one attached hydrogen (secondary N) is 2. The van der Waals surface area contributed by atoms with Crippen molar-refractivity contribution in [3.05, 3.63) is 65.2 Å². The van der Waals surface area contributed by atoms with Crippen molar-refractivity contribution in [2.24, 2.45) is 5.92 Å². The van der Waals surface area contributed by atoms with Gasteiger partial charge in [0.25, 0.3) is 5.91 Å². The summed E-state index contributed by atoms with van der Waals surface area (Å²) >= 11 is 1.14. The van der Waals surface area contributed by atoms with Crippen molar-refractivity contribution in [3.63, 3.8) is 0 Å². The molecular weight excluding hydrogens is 440 g/mol. The molecule has 2 amide bonds. The Balaban J connectivity index is 1.47. The Morgan fingerprint density at radius 3 is 2.82 bits per heavy atom. The fraction of sp³-hybridized carbons (Fsp3) is 0.348. The van der Waals surface area contributed by atoms with Crippen molar-refractivity contribution in [1.82, 2.24) is 19.9 Å². The van der Waals surface area contributed by atoms with Crippen molar-refractivity contribution in [3.8, 4) is 6.07 Å².